The highest BCUT2D eigenvalue weighted by Gasteiger charge is 2.07. The topological polar surface area (TPSA) is 76.7 Å². The number of anilines is 2. The van der Waals surface area contributed by atoms with Gasteiger partial charge in [-0.15, -0.1) is 0 Å². The van der Waals surface area contributed by atoms with Crippen LogP contribution in [0.5, 0.6) is 0 Å². The number of nitrogens with one attached hydrogen (secondary N) is 1. The van der Waals surface area contributed by atoms with E-state index in [0.29, 0.717) is 12.2 Å². The number of halogens is 1. The van der Waals surface area contributed by atoms with Crippen molar-refractivity contribution in [3.63, 3.8) is 0 Å². The number of rotatable bonds is 3. The minimum atomic E-state index is 0.559. The van der Waals surface area contributed by atoms with Crippen molar-refractivity contribution in [3.8, 4) is 0 Å². The molecule has 0 aliphatic carbocycles. The molecule has 3 N–H and O–H groups in total. The largest absolute Gasteiger partial charge is 0.396 e. The summed E-state index contributed by atoms with van der Waals surface area (Å²) in [5.74, 6) is 0. The Kier molecular flexibility index (Phi) is 3.70. The number of nitrogens with zero attached hydrogens (tertiary/aromatic N) is 3. The predicted octanol–water partition coefficient (Wildman–Crippen LogP) is 3.29. The van der Waals surface area contributed by atoms with Crippen LogP contribution in [0.4, 0.5) is 11.4 Å². The molecule has 0 bridgehead atoms. The second kappa shape index (κ2) is 5.65. The van der Waals surface area contributed by atoms with Crippen LogP contribution >= 0.6 is 15.9 Å². The summed E-state index contributed by atoms with van der Waals surface area (Å²) in [6.07, 6.45) is 5.18. The highest BCUT2D eigenvalue weighted by atomic mass is 79.9. The zero-order chi connectivity index (χ0) is 14.8. The third kappa shape index (κ3) is 2.95. The lowest BCUT2D eigenvalue weighted by atomic mass is 10.1. The van der Waals surface area contributed by atoms with E-state index in [1.807, 2.05) is 25.1 Å². The number of nitrogen functional groups attached to an aromatic ring is 1. The van der Waals surface area contributed by atoms with Crippen molar-refractivity contribution in [1.29, 1.82) is 0 Å². The van der Waals surface area contributed by atoms with Crippen LogP contribution < -0.4 is 11.1 Å². The summed E-state index contributed by atoms with van der Waals surface area (Å²) in [5.41, 5.74) is 10.2. The highest BCUT2D eigenvalue weighted by molar-refractivity contribution is 9.10. The number of aryl methyl sites for hydroxylation is 1. The molecule has 106 valence electrons. The molecule has 2 heterocycles. The van der Waals surface area contributed by atoms with Gasteiger partial charge in [-0.2, -0.15) is 0 Å². The van der Waals surface area contributed by atoms with E-state index in [1.165, 1.54) is 0 Å². The van der Waals surface area contributed by atoms with Gasteiger partial charge in [0.25, 0.3) is 0 Å². The fourth-order valence-corrected chi connectivity index (χ4v) is 2.43. The van der Waals surface area contributed by atoms with Gasteiger partial charge in [0.15, 0.2) is 0 Å². The molecule has 0 saturated heterocycles. The lowest BCUT2D eigenvalue weighted by Gasteiger charge is -2.12. The van der Waals surface area contributed by atoms with Crippen LogP contribution in [0.1, 0.15) is 11.4 Å². The summed E-state index contributed by atoms with van der Waals surface area (Å²) in [6.45, 7) is 2.47. The third-order valence-corrected chi connectivity index (χ3v) is 3.63. The van der Waals surface area contributed by atoms with Gasteiger partial charge in [-0.05, 0) is 25.1 Å². The Labute approximate surface area is 130 Å². The van der Waals surface area contributed by atoms with E-state index in [9.17, 15) is 0 Å². The predicted molar refractivity (Wildman–Crippen MR) is 88.0 cm³/mol. The van der Waals surface area contributed by atoms with Gasteiger partial charge in [-0.1, -0.05) is 15.9 Å². The summed E-state index contributed by atoms with van der Waals surface area (Å²) in [6, 6.07) is 5.91. The number of aromatic nitrogens is 3. The molecular formula is C15H14BrN5. The van der Waals surface area contributed by atoms with Gasteiger partial charge in [-0.3, -0.25) is 15.0 Å². The fraction of sp³-hybridized carbons (Fsp3) is 0.133. The van der Waals surface area contributed by atoms with Gasteiger partial charge in [0.2, 0.25) is 0 Å². The van der Waals surface area contributed by atoms with Gasteiger partial charge >= 0.3 is 0 Å². The number of hydrogen-bond donors (Lipinski definition) is 2. The first-order valence-electron chi connectivity index (χ1n) is 6.48. The molecule has 3 aromatic rings. The van der Waals surface area contributed by atoms with Crippen LogP contribution in [-0.4, -0.2) is 15.0 Å². The summed E-state index contributed by atoms with van der Waals surface area (Å²) in [4.78, 5) is 12.9. The zero-order valence-electron chi connectivity index (χ0n) is 11.5. The second-order valence-electron chi connectivity index (χ2n) is 4.75. The number of pyridine rings is 1. The maximum atomic E-state index is 6.05. The van der Waals surface area contributed by atoms with Crippen LogP contribution in [0, 0.1) is 6.92 Å². The van der Waals surface area contributed by atoms with E-state index in [-0.39, 0.29) is 0 Å². The Morgan fingerprint density at radius 1 is 1.14 bits per heavy atom. The Morgan fingerprint density at radius 2 is 2.00 bits per heavy atom. The summed E-state index contributed by atoms with van der Waals surface area (Å²) < 4.78 is 0.987. The Balaban J connectivity index is 1.94. The number of hydrogen-bond acceptors (Lipinski definition) is 5. The summed E-state index contributed by atoms with van der Waals surface area (Å²) >= 11 is 3.48. The molecule has 3 rings (SSSR count). The van der Waals surface area contributed by atoms with E-state index < -0.39 is 0 Å². The van der Waals surface area contributed by atoms with Gasteiger partial charge in [0.1, 0.15) is 0 Å². The smallest absolute Gasteiger partial charge is 0.0777 e. The van der Waals surface area contributed by atoms with Crippen LogP contribution in [0.2, 0.25) is 0 Å². The van der Waals surface area contributed by atoms with Crippen LogP contribution in [0.3, 0.4) is 0 Å². The molecule has 0 spiro atoms. The lowest BCUT2D eigenvalue weighted by Crippen LogP contribution is -2.06. The molecule has 0 amide bonds. The van der Waals surface area contributed by atoms with E-state index in [2.05, 4.69) is 36.2 Å². The Bertz CT molecular complexity index is 781. The molecule has 0 aliphatic heterocycles. The fourth-order valence-electron chi connectivity index (χ4n) is 2.07. The Morgan fingerprint density at radius 3 is 2.76 bits per heavy atom. The molecule has 2 aromatic heterocycles. The van der Waals surface area contributed by atoms with Crippen molar-refractivity contribution in [2.45, 2.75) is 13.5 Å². The van der Waals surface area contributed by atoms with Crippen LogP contribution in [-0.2, 0) is 6.54 Å². The molecule has 5 nitrogen and oxygen atoms in total. The quantitative estimate of drug-likeness (QED) is 0.762. The lowest BCUT2D eigenvalue weighted by molar-refractivity contribution is 0.986. The van der Waals surface area contributed by atoms with Crippen molar-refractivity contribution in [1.82, 2.24) is 15.0 Å². The normalized spacial score (nSPS) is 10.8. The average molecular weight is 344 g/mol. The second-order valence-corrected chi connectivity index (χ2v) is 5.67. The van der Waals surface area contributed by atoms with Crippen molar-refractivity contribution in [2.75, 3.05) is 11.1 Å². The Hall–Kier alpha value is -2.21. The molecule has 0 saturated carbocycles. The number of nitrogens with two attached hydrogens (primary N) is 1. The molecular weight excluding hydrogens is 330 g/mol. The third-order valence-electron chi connectivity index (χ3n) is 3.14. The van der Waals surface area contributed by atoms with Gasteiger partial charge in [0, 0.05) is 16.1 Å². The van der Waals surface area contributed by atoms with Crippen LogP contribution in [0.25, 0.3) is 10.9 Å². The van der Waals surface area contributed by atoms with E-state index in [0.717, 1.165) is 32.5 Å². The molecule has 0 radical (unpaired) electrons. The van der Waals surface area contributed by atoms with Gasteiger partial charge < -0.3 is 11.1 Å². The molecule has 0 unspecified atom stereocenters. The minimum Gasteiger partial charge on any atom is -0.396 e. The van der Waals surface area contributed by atoms with E-state index in [1.54, 1.807) is 18.6 Å². The first-order chi connectivity index (χ1) is 10.1. The highest BCUT2D eigenvalue weighted by Crippen LogP contribution is 2.30. The monoisotopic (exact) mass is 343 g/mol. The molecule has 0 aliphatic rings. The van der Waals surface area contributed by atoms with Crippen molar-refractivity contribution in [3.05, 3.63) is 52.7 Å². The average Bonchev–Trinajstić information content (AvgIpc) is 2.48. The number of benzene rings is 1. The maximum absolute atomic E-state index is 6.05. The van der Waals surface area contributed by atoms with Crippen LogP contribution in [0.15, 0.2) is 41.3 Å². The molecule has 0 atom stereocenters. The van der Waals surface area contributed by atoms with Gasteiger partial charge in [0.05, 0.1) is 47.2 Å². The molecule has 1 aromatic carbocycles. The van der Waals surface area contributed by atoms with E-state index in [4.69, 9.17) is 5.73 Å². The van der Waals surface area contributed by atoms with E-state index >= 15 is 0 Å². The molecule has 21 heavy (non-hydrogen) atoms. The van der Waals surface area contributed by atoms with Crippen molar-refractivity contribution >= 4 is 38.2 Å². The minimum absolute atomic E-state index is 0.559. The molecule has 0 fully saturated rings. The SMILES string of the molecule is Cc1cnc(CNc2c(N)cnc3ccc(Br)cc23)cn1. The first kappa shape index (κ1) is 13.8. The van der Waals surface area contributed by atoms with Gasteiger partial charge in [-0.25, -0.2) is 0 Å². The van der Waals surface area contributed by atoms with Crippen molar-refractivity contribution < 1.29 is 0 Å². The molecule has 6 heteroatoms. The standard InChI is InChI=1S/C15H14BrN5/c1-9-5-19-11(6-18-9)7-21-15-12-4-10(16)2-3-14(12)20-8-13(15)17/h2-6,8H,7,17H2,1H3,(H,20,21). The zero-order valence-corrected chi connectivity index (χ0v) is 13.1. The summed E-state index contributed by atoms with van der Waals surface area (Å²) in [7, 11) is 0. The first-order valence-corrected chi connectivity index (χ1v) is 7.28. The number of fused-ring (bicyclic) bond motifs is 1. The maximum Gasteiger partial charge on any atom is 0.0777 e. The van der Waals surface area contributed by atoms with Crippen molar-refractivity contribution in [2.24, 2.45) is 0 Å². The summed E-state index contributed by atoms with van der Waals surface area (Å²) in [5, 5.41) is 4.31.